The fourth-order valence-electron chi connectivity index (χ4n) is 2.40. The third kappa shape index (κ3) is 2.26. The molecule has 2 heterocycles. The number of nitrogens with zero attached hydrogens (tertiary/aromatic N) is 1. The summed E-state index contributed by atoms with van der Waals surface area (Å²) in [4.78, 5) is 3.03. The fraction of sp³-hybridized carbons (Fsp3) is 1.00. The summed E-state index contributed by atoms with van der Waals surface area (Å²) in [6, 6.07) is 0. The first-order chi connectivity index (χ1) is 6.74. The maximum atomic E-state index is 3.75. The van der Waals surface area contributed by atoms with Crippen LogP contribution in [0.3, 0.4) is 0 Å². The average molecular weight is 214 g/mol. The minimum Gasteiger partial charge on any atom is -0.301 e. The van der Waals surface area contributed by atoms with Gasteiger partial charge in [-0.25, -0.2) is 0 Å². The fourth-order valence-corrected chi connectivity index (χ4v) is 3.82. The van der Waals surface area contributed by atoms with Gasteiger partial charge in [0.2, 0.25) is 0 Å². The molecular weight excluding hydrogens is 192 g/mol. The van der Waals surface area contributed by atoms with E-state index >= 15 is 0 Å². The molecule has 2 aliphatic heterocycles. The molecule has 2 unspecified atom stereocenters. The molecule has 0 amide bonds. The second-order valence-electron chi connectivity index (χ2n) is 4.82. The Morgan fingerprint density at radius 2 is 2.43 bits per heavy atom. The maximum absolute atomic E-state index is 3.75. The first-order valence-corrected chi connectivity index (χ1v) is 6.84. The summed E-state index contributed by atoms with van der Waals surface area (Å²) < 4.78 is 0. The van der Waals surface area contributed by atoms with E-state index in [0.717, 1.165) is 5.92 Å². The SMILES string of the molecule is CCCN1CCC2(C1)NCC(C)CS2. The molecule has 3 heteroatoms. The molecule has 0 aliphatic carbocycles. The lowest BCUT2D eigenvalue weighted by Gasteiger charge is -2.37. The predicted molar refractivity (Wildman–Crippen MR) is 63.7 cm³/mol. The third-order valence-electron chi connectivity index (χ3n) is 3.27. The van der Waals surface area contributed by atoms with E-state index in [0.29, 0.717) is 4.87 Å². The van der Waals surface area contributed by atoms with Gasteiger partial charge in [0.1, 0.15) is 0 Å². The number of hydrogen-bond acceptors (Lipinski definition) is 3. The topological polar surface area (TPSA) is 15.3 Å². The van der Waals surface area contributed by atoms with Gasteiger partial charge in [0.25, 0.3) is 0 Å². The lowest BCUT2D eigenvalue weighted by Crippen LogP contribution is -2.50. The van der Waals surface area contributed by atoms with Crippen LogP contribution in [0.25, 0.3) is 0 Å². The highest BCUT2D eigenvalue weighted by atomic mass is 32.2. The molecule has 2 fully saturated rings. The maximum Gasteiger partial charge on any atom is 0.0786 e. The van der Waals surface area contributed by atoms with Crippen molar-refractivity contribution < 1.29 is 0 Å². The highest BCUT2D eigenvalue weighted by Gasteiger charge is 2.40. The van der Waals surface area contributed by atoms with Crippen molar-refractivity contribution in [1.29, 1.82) is 0 Å². The second kappa shape index (κ2) is 4.42. The largest absolute Gasteiger partial charge is 0.301 e. The number of thioether (sulfide) groups is 1. The van der Waals surface area contributed by atoms with Crippen LogP contribution in [0, 0.1) is 5.92 Å². The zero-order valence-electron chi connectivity index (χ0n) is 9.38. The van der Waals surface area contributed by atoms with Crippen LogP contribution in [0.2, 0.25) is 0 Å². The number of nitrogens with one attached hydrogen (secondary N) is 1. The Kier molecular flexibility index (Phi) is 3.40. The minimum absolute atomic E-state index is 0.418. The Labute approximate surface area is 91.8 Å². The van der Waals surface area contributed by atoms with E-state index in [1.54, 1.807) is 0 Å². The van der Waals surface area contributed by atoms with Gasteiger partial charge in [-0.1, -0.05) is 13.8 Å². The van der Waals surface area contributed by atoms with Gasteiger partial charge in [-0.05, 0) is 37.6 Å². The summed E-state index contributed by atoms with van der Waals surface area (Å²) in [5.41, 5.74) is 0. The van der Waals surface area contributed by atoms with Gasteiger partial charge < -0.3 is 10.2 Å². The van der Waals surface area contributed by atoms with Crippen molar-refractivity contribution in [1.82, 2.24) is 10.2 Å². The van der Waals surface area contributed by atoms with Crippen molar-refractivity contribution in [2.24, 2.45) is 5.92 Å². The van der Waals surface area contributed by atoms with Crippen LogP contribution >= 0.6 is 11.8 Å². The van der Waals surface area contributed by atoms with Crippen molar-refractivity contribution in [3.05, 3.63) is 0 Å². The molecule has 0 aromatic rings. The molecule has 2 aliphatic rings. The molecule has 1 spiro atoms. The van der Waals surface area contributed by atoms with Crippen molar-refractivity contribution in [2.45, 2.75) is 31.6 Å². The van der Waals surface area contributed by atoms with Crippen molar-refractivity contribution >= 4 is 11.8 Å². The Morgan fingerprint density at radius 3 is 3.07 bits per heavy atom. The molecule has 2 saturated heterocycles. The smallest absolute Gasteiger partial charge is 0.0786 e. The summed E-state index contributed by atoms with van der Waals surface area (Å²) in [5.74, 6) is 2.19. The van der Waals surface area contributed by atoms with Gasteiger partial charge in [0.15, 0.2) is 0 Å². The molecule has 2 rings (SSSR count). The van der Waals surface area contributed by atoms with Gasteiger partial charge in [-0.3, -0.25) is 0 Å². The van der Waals surface area contributed by atoms with Crippen molar-refractivity contribution in [3.63, 3.8) is 0 Å². The Balaban J connectivity index is 1.86. The third-order valence-corrected chi connectivity index (χ3v) is 5.03. The molecule has 0 radical (unpaired) electrons. The Bertz CT molecular complexity index is 188. The van der Waals surface area contributed by atoms with E-state index < -0.39 is 0 Å². The highest BCUT2D eigenvalue weighted by Crippen LogP contribution is 2.36. The van der Waals surface area contributed by atoms with E-state index in [1.165, 1.54) is 44.8 Å². The van der Waals surface area contributed by atoms with Crippen LogP contribution in [0.4, 0.5) is 0 Å². The molecule has 2 atom stereocenters. The minimum atomic E-state index is 0.418. The van der Waals surface area contributed by atoms with Gasteiger partial charge in [0.05, 0.1) is 4.87 Å². The van der Waals surface area contributed by atoms with E-state index in [4.69, 9.17) is 0 Å². The Hall–Kier alpha value is 0.270. The lowest BCUT2D eigenvalue weighted by molar-refractivity contribution is 0.315. The lowest BCUT2D eigenvalue weighted by atomic mass is 10.1. The number of likely N-dealkylation sites (tertiary alicyclic amines) is 1. The molecule has 0 saturated carbocycles. The van der Waals surface area contributed by atoms with Gasteiger partial charge in [-0.15, -0.1) is 11.8 Å². The van der Waals surface area contributed by atoms with Crippen LogP contribution in [-0.2, 0) is 0 Å². The molecule has 0 aromatic carbocycles. The van der Waals surface area contributed by atoms with Crippen LogP contribution in [0.15, 0.2) is 0 Å². The summed E-state index contributed by atoms with van der Waals surface area (Å²) in [6.45, 7) is 9.66. The van der Waals surface area contributed by atoms with Crippen LogP contribution < -0.4 is 5.32 Å². The van der Waals surface area contributed by atoms with E-state index in [2.05, 4.69) is 35.8 Å². The average Bonchev–Trinajstić information content (AvgIpc) is 2.56. The summed E-state index contributed by atoms with van der Waals surface area (Å²) >= 11 is 2.16. The molecule has 2 nitrogen and oxygen atoms in total. The molecule has 14 heavy (non-hydrogen) atoms. The standard InChI is InChI=1S/C11H22N2S/c1-3-5-13-6-4-11(9-13)12-7-10(2)8-14-11/h10,12H,3-9H2,1-2H3. The van der Waals surface area contributed by atoms with Gasteiger partial charge in [0, 0.05) is 13.1 Å². The normalized spacial score (nSPS) is 39.4. The van der Waals surface area contributed by atoms with E-state index in [1.807, 2.05) is 0 Å². The predicted octanol–water partition coefficient (Wildman–Crippen LogP) is 1.77. The van der Waals surface area contributed by atoms with E-state index in [-0.39, 0.29) is 0 Å². The quantitative estimate of drug-likeness (QED) is 0.754. The van der Waals surface area contributed by atoms with Crippen molar-refractivity contribution in [3.8, 4) is 0 Å². The highest BCUT2D eigenvalue weighted by molar-refractivity contribution is 8.00. The Morgan fingerprint density at radius 1 is 1.57 bits per heavy atom. The monoisotopic (exact) mass is 214 g/mol. The summed E-state index contributed by atoms with van der Waals surface area (Å²) in [7, 11) is 0. The number of rotatable bonds is 2. The zero-order chi connectivity index (χ0) is 10.0. The molecular formula is C11H22N2S. The molecule has 0 bridgehead atoms. The van der Waals surface area contributed by atoms with Gasteiger partial charge in [-0.2, -0.15) is 0 Å². The first kappa shape index (κ1) is 10.8. The molecule has 1 N–H and O–H groups in total. The molecule has 0 aromatic heterocycles. The van der Waals surface area contributed by atoms with Crippen LogP contribution in [0.5, 0.6) is 0 Å². The van der Waals surface area contributed by atoms with Crippen LogP contribution in [0.1, 0.15) is 26.7 Å². The second-order valence-corrected chi connectivity index (χ2v) is 6.22. The van der Waals surface area contributed by atoms with Gasteiger partial charge >= 0.3 is 0 Å². The first-order valence-electron chi connectivity index (χ1n) is 5.85. The number of hydrogen-bond donors (Lipinski definition) is 1. The summed E-state index contributed by atoms with van der Waals surface area (Å²) in [6.07, 6.45) is 2.63. The van der Waals surface area contributed by atoms with Crippen LogP contribution in [-0.4, -0.2) is 41.7 Å². The molecule has 82 valence electrons. The zero-order valence-corrected chi connectivity index (χ0v) is 10.2. The van der Waals surface area contributed by atoms with Crippen molar-refractivity contribution in [2.75, 3.05) is 31.9 Å². The van der Waals surface area contributed by atoms with E-state index in [9.17, 15) is 0 Å². The summed E-state index contributed by atoms with van der Waals surface area (Å²) in [5, 5.41) is 3.75.